The van der Waals surface area contributed by atoms with E-state index < -0.39 is 35.1 Å². The molecule has 0 radical (unpaired) electrons. The number of amides is 4. The zero-order valence-corrected chi connectivity index (χ0v) is 24.8. The van der Waals surface area contributed by atoms with Gasteiger partial charge in [-0.15, -0.1) is 0 Å². The van der Waals surface area contributed by atoms with Crippen LogP contribution in [-0.2, 0) is 25.7 Å². The van der Waals surface area contributed by atoms with Crippen molar-refractivity contribution in [2.24, 2.45) is 11.8 Å². The van der Waals surface area contributed by atoms with Gasteiger partial charge in [0.25, 0.3) is 17.4 Å². The number of hydrogen-bond acceptors (Lipinski definition) is 7. The van der Waals surface area contributed by atoms with Gasteiger partial charge in [0.2, 0.25) is 17.6 Å². The maximum Gasteiger partial charge on any atom is 0.287 e. The molecule has 2 bridgehead atoms. The van der Waals surface area contributed by atoms with E-state index in [1.807, 2.05) is 6.07 Å². The molecule has 2 unspecified atom stereocenters. The predicted octanol–water partition coefficient (Wildman–Crippen LogP) is 2.43. The van der Waals surface area contributed by atoms with Crippen molar-refractivity contribution in [1.82, 2.24) is 20.5 Å². The third kappa shape index (κ3) is 6.74. The fraction of sp³-hybridized carbons (Fsp3) is 0.438. The molecule has 4 amide bonds. The van der Waals surface area contributed by atoms with Crippen LogP contribution in [0, 0.1) is 18.8 Å². The Balaban J connectivity index is 1.29. The lowest BCUT2D eigenvalue weighted by molar-refractivity contribution is -0.138. The quantitative estimate of drug-likeness (QED) is 0.231. The monoisotopic (exact) mass is 603 g/mol. The molecule has 2 aliphatic carbocycles. The molecular formula is C32H37N5O7. The van der Waals surface area contributed by atoms with Crippen LogP contribution in [0.2, 0.25) is 0 Å². The smallest absolute Gasteiger partial charge is 0.287 e. The molecule has 12 nitrogen and oxygen atoms in total. The molecule has 44 heavy (non-hydrogen) atoms. The standard InChI is InChI=1S/C32H37N5O7/c1-3-33-30(41)25(38)13-12-22(35-31(42)28-18(2)21-7-4-5-9-26(21)44-28)29(40)36-23-8-6-14-37(32(23)43)17-27(39)34-24-16-19-10-11-20(24)15-19/h4-9,14,19-20,22,24H,3,10-13,15-17H2,1-2H3,(H,33,41)(H,34,39)(H,35,42)(H,36,40)/t19?,20?,22-,24+/m0/s1. The SMILES string of the molecule is CCNC(=O)C(=O)CC[C@H](NC(=O)c1oc2ccccc2c1C)C(=O)Nc1cccn(CC(=O)N[C@@H]2CC3CCC2C3)c1=O. The molecule has 1 aromatic carbocycles. The van der Waals surface area contributed by atoms with Gasteiger partial charge < -0.3 is 30.3 Å². The van der Waals surface area contributed by atoms with Crippen LogP contribution < -0.4 is 26.8 Å². The zero-order valence-electron chi connectivity index (χ0n) is 24.8. The molecule has 12 heteroatoms. The number of hydrogen-bond donors (Lipinski definition) is 4. The molecule has 2 aromatic heterocycles. The first-order valence-corrected chi connectivity index (χ1v) is 15.0. The van der Waals surface area contributed by atoms with E-state index in [1.54, 1.807) is 32.0 Å². The molecule has 3 aromatic rings. The van der Waals surface area contributed by atoms with Gasteiger partial charge in [0.1, 0.15) is 23.9 Å². The number of fused-ring (bicyclic) bond motifs is 3. The Bertz CT molecular complexity index is 1660. The van der Waals surface area contributed by atoms with Crippen LogP contribution in [0.15, 0.2) is 51.8 Å². The first-order valence-electron chi connectivity index (χ1n) is 15.0. The molecule has 4 N–H and O–H groups in total. The lowest BCUT2D eigenvalue weighted by Crippen LogP contribution is -2.45. The summed E-state index contributed by atoms with van der Waals surface area (Å²) in [4.78, 5) is 77.0. The van der Waals surface area contributed by atoms with Crippen LogP contribution in [0.25, 0.3) is 11.0 Å². The van der Waals surface area contributed by atoms with Crippen LogP contribution in [0.3, 0.4) is 0 Å². The number of nitrogens with one attached hydrogen (secondary N) is 4. The summed E-state index contributed by atoms with van der Waals surface area (Å²) >= 11 is 0. The van der Waals surface area contributed by atoms with Gasteiger partial charge in [-0.3, -0.25) is 28.8 Å². The average molecular weight is 604 g/mol. The topological polar surface area (TPSA) is 169 Å². The molecule has 2 saturated carbocycles. The van der Waals surface area contributed by atoms with Crippen molar-refractivity contribution in [2.75, 3.05) is 11.9 Å². The molecule has 5 rings (SSSR count). The Morgan fingerprint density at radius 1 is 1.05 bits per heavy atom. The second-order valence-corrected chi connectivity index (χ2v) is 11.6. The summed E-state index contributed by atoms with van der Waals surface area (Å²) in [6, 6.07) is 8.86. The summed E-state index contributed by atoms with van der Waals surface area (Å²) in [7, 11) is 0. The number of para-hydroxylation sites is 1. The Morgan fingerprint density at radius 2 is 1.84 bits per heavy atom. The highest BCUT2D eigenvalue weighted by atomic mass is 16.3. The van der Waals surface area contributed by atoms with Crippen molar-refractivity contribution in [1.29, 1.82) is 0 Å². The minimum Gasteiger partial charge on any atom is -0.451 e. The van der Waals surface area contributed by atoms with Gasteiger partial charge in [-0.05, 0) is 69.6 Å². The van der Waals surface area contributed by atoms with Crippen molar-refractivity contribution in [3.63, 3.8) is 0 Å². The van der Waals surface area contributed by atoms with Crippen LogP contribution in [-0.4, -0.2) is 52.6 Å². The molecule has 2 fully saturated rings. The number of anilines is 1. The second kappa shape index (κ2) is 13.3. The number of ketones is 1. The van der Waals surface area contributed by atoms with E-state index in [0.29, 0.717) is 23.0 Å². The Morgan fingerprint density at radius 3 is 2.55 bits per heavy atom. The second-order valence-electron chi connectivity index (χ2n) is 11.6. The van der Waals surface area contributed by atoms with Crippen molar-refractivity contribution in [3.05, 3.63) is 64.3 Å². The normalized spacial score (nSPS) is 19.4. The Labute approximate surface area is 253 Å². The molecule has 0 aliphatic heterocycles. The van der Waals surface area contributed by atoms with E-state index in [4.69, 9.17) is 4.42 Å². The number of Topliss-reactive ketones (excluding diaryl/α,β-unsaturated/α-hetero) is 1. The first-order chi connectivity index (χ1) is 21.1. The van der Waals surface area contributed by atoms with Gasteiger partial charge in [0.05, 0.1) is 0 Å². The maximum atomic E-state index is 13.4. The highest BCUT2D eigenvalue weighted by Gasteiger charge is 2.40. The minimum absolute atomic E-state index is 0.00242. The third-order valence-electron chi connectivity index (χ3n) is 8.60. The van der Waals surface area contributed by atoms with Crippen LogP contribution in [0.4, 0.5) is 5.69 Å². The summed E-state index contributed by atoms with van der Waals surface area (Å²) in [6.07, 6.45) is 5.34. The third-order valence-corrected chi connectivity index (χ3v) is 8.60. The van der Waals surface area contributed by atoms with Gasteiger partial charge in [-0.25, -0.2) is 0 Å². The summed E-state index contributed by atoms with van der Waals surface area (Å²) in [5.74, 6) is -2.12. The lowest BCUT2D eigenvalue weighted by atomic mass is 9.95. The van der Waals surface area contributed by atoms with E-state index in [9.17, 15) is 28.8 Å². The first kappa shape index (κ1) is 30.7. The number of furan rings is 1. The van der Waals surface area contributed by atoms with E-state index in [2.05, 4.69) is 21.3 Å². The molecule has 232 valence electrons. The summed E-state index contributed by atoms with van der Waals surface area (Å²) in [5, 5.41) is 11.3. The molecular weight excluding hydrogens is 566 g/mol. The van der Waals surface area contributed by atoms with Crippen molar-refractivity contribution < 1.29 is 28.4 Å². The van der Waals surface area contributed by atoms with Crippen LogP contribution in [0.1, 0.15) is 61.6 Å². The van der Waals surface area contributed by atoms with Gasteiger partial charge in [-0.2, -0.15) is 0 Å². The Hall–Kier alpha value is -4.74. The minimum atomic E-state index is -1.29. The Kier molecular flexibility index (Phi) is 9.26. The van der Waals surface area contributed by atoms with E-state index >= 15 is 0 Å². The molecule has 4 atom stereocenters. The number of rotatable bonds is 12. The number of likely N-dealkylation sites (N-methyl/N-ethyl adjacent to an activating group) is 1. The van der Waals surface area contributed by atoms with E-state index in [0.717, 1.165) is 24.6 Å². The van der Waals surface area contributed by atoms with Gasteiger partial charge in [0, 0.05) is 36.2 Å². The van der Waals surface area contributed by atoms with Gasteiger partial charge in [0.15, 0.2) is 5.76 Å². The molecule has 0 spiro atoms. The fourth-order valence-electron chi connectivity index (χ4n) is 6.34. The molecule has 2 heterocycles. The number of benzene rings is 1. The van der Waals surface area contributed by atoms with Crippen LogP contribution >= 0.6 is 0 Å². The van der Waals surface area contributed by atoms with Crippen molar-refractivity contribution in [2.45, 2.75) is 71.0 Å². The number of aryl methyl sites for hydroxylation is 1. The molecule has 0 saturated heterocycles. The fourth-order valence-corrected chi connectivity index (χ4v) is 6.34. The number of nitrogens with zero attached hydrogens (tertiary/aromatic N) is 1. The summed E-state index contributed by atoms with van der Waals surface area (Å²) < 4.78 is 6.94. The van der Waals surface area contributed by atoms with Crippen molar-refractivity contribution in [3.8, 4) is 0 Å². The van der Waals surface area contributed by atoms with Crippen LogP contribution in [0.5, 0.6) is 0 Å². The zero-order chi connectivity index (χ0) is 31.4. The number of carbonyl (C=O) groups excluding carboxylic acids is 5. The number of pyridine rings is 1. The summed E-state index contributed by atoms with van der Waals surface area (Å²) in [6.45, 7) is 3.44. The molecule has 2 aliphatic rings. The van der Waals surface area contributed by atoms with Crippen molar-refractivity contribution >= 4 is 46.1 Å². The number of carbonyl (C=O) groups is 5. The summed E-state index contributed by atoms with van der Waals surface area (Å²) in [5.41, 5.74) is 0.377. The largest absolute Gasteiger partial charge is 0.451 e. The van der Waals surface area contributed by atoms with E-state index in [1.165, 1.54) is 29.3 Å². The number of aromatic nitrogens is 1. The van der Waals surface area contributed by atoms with E-state index in [-0.39, 0.29) is 49.3 Å². The highest BCUT2D eigenvalue weighted by molar-refractivity contribution is 6.36. The average Bonchev–Trinajstić information content (AvgIpc) is 3.72. The maximum absolute atomic E-state index is 13.4. The predicted molar refractivity (Wildman–Crippen MR) is 162 cm³/mol. The van der Waals surface area contributed by atoms with Gasteiger partial charge in [-0.1, -0.05) is 24.6 Å². The van der Waals surface area contributed by atoms with Gasteiger partial charge >= 0.3 is 0 Å². The lowest BCUT2D eigenvalue weighted by Gasteiger charge is -2.23. The highest BCUT2D eigenvalue weighted by Crippen LogP contribution is 2.44.